The van der Waals surface area contributed by atoms with Crippen molar-refractivity contribution in [2.45, 2.75) is 19.9 Å². The van der Waals surface area contributed by atoms with E-state index in [1.165, 1.54) is 0 Å². The van der Waals surface area contributed by atoms with Crippen molar-refractivity contribution in [3.63, 3.8) is 0 Å². The molecule has 2 aromatic heterocycles. The van der Waals surface area contributed by atoms with Crippen LogP contribution in [0.4, 0.5) is 5.69 Å². The molecule has 0 saturated heterocycles. The first-order chi connectivity index (χ1) is 7.66. The molecule has 0 aliphatic heterocycles. The molecule has 0 unspecified atom stereocenters. The van der Waals surface area contributed by atoms with Crippen molar-refractivity contribution >= 4 is 17.3 Å². The third-order valence-electron chi connectivity index (χ3n) is 2.02. The molecule has 0 atom stereocenters. The molecule has 2 rings (SSSR count). The van der Waals surface area contributed by atoms with Crippen LogP contribution in [-0.4, -0.2) is 20.8 Å². The predicted molar refractivity (Wildman–Crippen MR) is 65.1 cm³/mol. The van der Waals surface area contributed by atoms with Crippen LogP contribution in [0.15, 0.2) is 30.7 Å². The topological polar surface area (TPSA) is 42.7 Å². The Morgan fingerprint density at radius 3 is 2.88 bits per heavy atom. The third kappa shape index (κ3) is 2.33. The molecule has 4 nitrogen and oxygen atoms in total. The Balaban J connectivity index is 2.31. The van der Waals surface area contributed by atoms with Crippen molar-refractivity contribution in [3.8, 4) is 5.69 Å². The van der Waals surface area contributed by atoms with Gasteiger partial charge in [0.2, 0.25) is 0 Å². The van der Waals surface area contributed by atoms with E-state index in [-0.39, 0.29) is 0 Å². The summed E-state index contributed by atoms with van der Waals surface area (Å²) in [7, 11) is 0. The van der Waals surface area contributed by atoms with Gasteiger partial charge >= 0.3 is 0 Å². The van der Waals surface area contributed by atoms with E-state index in [1.807, 2.05) is 18.3 Å². The van der Waals surface area contributed by atoms with Gasteiger partial charge in [0, 0.05) is 12.2 Å². The second kappa shape index (κ2) is 4.53. The lowest BCUT2D eigenvalue weighted by molar-refractivity contribution is 0.873. The summed E-state index contributed by atoms with van der Waals surface area (Å²) in [5.74, 6) is 0. The lowest BCUT2D eigenvalue weighted by Gasteiger charge is -2.06. The van der Waals surface area contributed by atoms with Crippen LogP contribution in [0.2, 0.25) is 5.15 Å². The highest BCUT2D eigenvalue weighted by molar-refractivity contribution is 6.32. The molecule has 84 valence electrons. The average molecular weight is 237 g/mol. The zero-order chi connectivity index (χ0) is 11.5. The largest absolute Gasteiger partial charge is 0.379 e. The van der Waals surface area contributed by atoms with Gasteiger partial charge in [-0.3, -0.25) is 4.98 Å². The van der Waals surface area contributed by atoms with Gasteiger partial charge in [-0.25, -0.2) is 4.68 Å². The van der Waals surface area contributed by atoms with Crippen LogP contribution in [0, 0.1) is 0 Å². The van der Waals surface area contributed by atoms with Gasteiger partial charge in [0.15, 0.2) is 5.15 Å². The van der Waals surface area contributed by atoms with Crippen molar-refractivity contribution in [2.75, 3.05) is 5.32 Å². The van der Waals surface area contributed by atoms with Crippen LogP contribution in [0.5, 0.6) is 0 Å². The highest BCUT2D eigenvalue weighted by Crippen LogP contribution is 2.22. The van der Waals surface area contributed by atoms with Gasteiger partial charge < -0.3 is 5.32 Å². The minimum atomic E-state index is 0.323. The molecule has 0 radical (unpaired) electrons. The number of pyridine rings is 1. The highest BCUT2D eigenvalue weighted by atomic mass is 35.5. The highest BCUT2D eigenvalue weighted by Gasteiger charge is 2.08. The molecule has 0 saturated carbocycles. The second-order valence-electron chi connectivity index (χ2n) is 3.79. The molecule has 5 heteroatoms. The Bertz CT molecular complexity index is 464. The van der Waals surface area contributed by atoms with E-state index in [1.54, 1.807) is 17.1 Å². The fraction of sp³-hybridized carbons (Fsp3) is 0.273. The molecule has 0 bridgehead atoms. The number of halogens is 1. The van der Waals surface area contributed by atoms with E-state index in [9.17, 15) is 0 Å². The lowest BCUT2D eigenvalue weighted by Crippen LogP contribution is -2.09. The molecule has 0 aliphatic carbocycles. The van der Waals surface area contributed by atoms with Crippen LogP contribution in [-0.2, 0) is 0 Å². The van der Waals surface area contributed by atoms with Gasteiger partial charge in [0.1, 0.15) is 0 Å². The Labute approximate surface area is 99.3 Å². The van der Waals surface area contributed by atoms with E-state index in [0.717, 1.165) is 11.4 Å². The lowest BCUT2D eigenvalue weighted by atomic mass is 10.4. The molecule has 2 aromatic rings. The van der Waals surface area contributed by atoms with Crippen molar-refractivity contribution < 1.29 is 0 Å². The summed E-state index contributed by atoms with van der Waals surface area (Å²) in [6, 6.07) is 4.11. The number of anilines is 1. The van der Waals surface area contributed by atoms with Crippen molar-refractivity contribution in [3.05, 3.63) is 35.9 Å². The molecule has 16 heavy (non-hydrogen) atoms. The Morgan fingerprint density at radius 2 is 2.25 bits per heavy atom. The normalized spacial score (nSPS) is 10.8. The monoisotopic (exact) mass is 236 g/mol. The Kier molecular flexibility index (Phi) is 3.10. The fourth-order valence-electron chi connectivity index (χ4n) is 1.38. The SMILES string of the molecule is CC(C)Nc1cn(-c2cccnc2)nc1Cl. The molecule has 0 aliphatic rings. The van der Waals surface area contributed by atoms with Gasteiger partial charge in [0.25, 0.3) is 0 Å². The summed E-state index contributed by atoms with van der Waals surface area (Å²) in [4.78, 5) is 4.04. The summed E-state index contributed by atoms with van der Waals surface area (Å²) in [5, 5.41) is 7.91. The first kappa shape index (κ1) is 11.0. The second-order valence-corrected chi connectivity index (χ2v) is 4.15. The minimum absolute atomic E-state index is 0.323. The average Bonchev–Trinajstić information content (AvgIpc) is 2.61. The van der Waals surface area contributed by atoms with Gasteiger partial charge in [-0.15, -0.1) is 0 Å². The standard InChI is InChI=1S/C11H13ClN4/c1-8(2)14-10-7-16(15-11(10)12)9-4-3-5-13-6-9/h3-8,14H,1-2H3. The maximum atomic E-state index is 6.02. The molecular formula is C11H13ClN4. The van der Waals surface area contributed by atoms with Crippen LogP contribution in [0.1, 0.15) is 13.8 Å². The zero-order valence-corrected chi connectivity index (χ0v) is 9.94. The molecular weight excluding hydrogens is 224 g/mol. The third-order valence-corrected chi connectivity index (χ3v) is 2.30. The molecule has 1 N–H and O–H groups in total. The van der Waals surface area contributed by atoms with E-state index in [4.69, 9.17) is 11.6 Å². The molecule has 0 fully saturated rings. The van der Waals surface area contributed by atoms with E-state index < -0.39 is 0 Å². The first-order valence-corrected chi connectivity index (χ1v) is 5.46. The summed E-state index contributed by atoms with van der Waals surface area (Å²) >= 11 is 6.02. The quantitative estimate of drug-likeness (QED) is 0.891. The summed E-state index contributed by atoms with van der Waals surface area (Å²) in [6.45, 7) is 4.11. The summed E-state index contributed by atoms with van der Waals surface area (Å²) in [5.41, 5.74) is 1.72. The Morgan fingerprint density at radius 1 is 1.44 bits per heavy atom. The first-order valence-electron chi connectivity index (χ1n) is 5.09. The van der Waals surface area contributed by atoms with E-state index in [0.29, 0.717) is 11.2 Å². The zero-order valence-electron chi connectivity index (χ0n) is 9.18. The number of nitrogens with one attached hydrogen (secondary N) is 1. The predicted octanol–water partition coefficient (Wildman–Crippen LogP) is 2.74. The van der Waals surface area contributed by atoms with Crippen LogP contribution in [0.25, 0.3) is 5.69 Å². The summed E-state index contributed by atoms with van der Waals surface area (Å²) in [6.07, 6.45) is 5.32. The Hall–Kier alpha value is -1.55. The van der Waals surface area contributed by atoms with E-state index >= 15 is 0 Å². The van der Waals surface area contributed by atoms with Crippen molar-refractivity contribution in [2.24, 2.45) is 0 Å². The van der Waals surface area contributed by atoms with Gasteiger partial charge in [-0.05, 0) is 26.0 Å². The minimum Gasteiger partial charge on any atom is -0.379 e. The molecule has 2 heterocycles. The van der Waals surface area contributed by atoms with Crippen molar-refractivity contribution in [1.82, 2.24) is 14.8 Å². The maximum absolute atomic E-state index is 6.02. The van der Waals surface area contributed by atoms with Crippen LogP contribution >= 0.6 is 11.6 Å². The van der Waals surface area contributed by atoms with Crippen LogP contribution in [0.3, 0.4) is 0 Å². The van der Waals surface area contributed by atoms with Gasteiger partial charge in [-0.2, -0.15) is 5.10 Å². The number of hydrogen-bond acceptors (Lipinski definition) is 3. The van der Waals surface area contributed by atoms with Gasteiger partial charge in [-0.1, -0.05) is 11.6 Å². The number of nitrogens with zero attached hydrogens (tertiary/aromatic N) is 3. The molecule has 0 aromatic carbocycles. The van der Waals surface area contributed by atoms with Crippen molar-refractivity contribution in [1.29, 1.82) is 0 Å². The number of aromatic nitrogens is 3. The maximum Gasteiger partial charge on any atom is 0.174 e. The molecule has 0 amide bonds. The van der Waals surface area contributed by atoms with Gasteiger partial charge in [0.05, 0.1) is 23.8 Å². The smallest absolute Gasteiger partial charge is 0.174 e. The number of hydrogen-bond donors (Lipinski definition) is 1. The van der Waals surface area contributed by atoms with Crippen LogP contribution < -0.4 is 5.32 Å². The summed E-state index contributed by atoms with van der Waals surface area (Å²) < 4.78 is 1.71. The molecule has 0 spiro atoms. The number of rotatable bonds is 3. The fourth-order valence-corrected chi connectivity index (χ4v) is 1.57. The van der Waals surface area contributed by atoms with E-state index in [2.05, 4.69) is 29.2 Å².